The summed E-state index contributed by atoms with van der Waals surface area (Å²) in [6.45, 7) is 5.05. The summed E-state index contributed by atoms with van der Waals surface area (Å²) < 4.78 is 1.11. The molecule has 0 aliphatic rings. The fraction of sp³-hybridized carbons (Fsp3) is 0.417. The van der Waals surface area contributed by atoms with E-state index in [2.05, 4.69) is 39.6 Å². The molecule has 0 heterocycles. The second-order valence-electron chi connectivity index (χ2n) is 3.68. The molecule has 1 atom stereocenters. The van der Waals surface area contributed by atoms with E-state index in [-0.39, 0.29) is 11.9 Å². The molecule has 0 unspecified atom stereocenters. The maximum Gasteiger partial charge on any atom is 0.216 e. The fourth-order valence-electron chi connectivity index (χ4n) is 1.46. The molecule has 0 saturated carbocycles. The minimum atomic E-state index is 0.00958. The topological polar surface area (TPSA) is 41.1 Å². The smallest absolute Gasteiger partial charge is 0.216 e. The molecular formula is C12H17BrN2O. The van der Waals surface area contributed by atoms with Crippen molar-refractivity contribution >= 4 is 21.8 Å². The van der Waals surface area contributed by atoms with Gasteiger partial charge in [0.15, 0.2) is 0 Å². The highest BCUT2D eigenvalue weighted by Gasteiger charge is 2.07. The second-order valence-corrected chi connectivity index (χ2v) is 4.53. The van der Waals surface area contributed by atoms with E-state index >= 15 is 0 Å². The SMILES string of the molecule is CC(=O)NCCN[C@H](C)c1ccccc1Br. The van der Waals surface area contributed by atoms with Gasteiger partial charge < -0.3 is 10.6 Å². The molecule has 1 amide bonds. The molecule has 0 aliphatic carbocycles. The number of nitrogens with one attached hydrogen (secondary N) is 2. The number of carbonyl (C=O) groups excluding carboxylic acids is 1. The van der Waals surface area contributed by atoms with Crippen molar-refractivity contribution in [1.82, 2.24) is 10.6 Å². The summed E-state index contributed by atoms with van der Waals surface area (Å²) in [5.74, 6) is 0.00958. The van der Waals surface area contributed by atoms with E-state index in [1.165, 1.54) is 12.5 Å². The molecule has 0 aromatic heterocycles. The number of amides is 1. The van der Waals surface area contributed by atoms with Gasteiger partial charge >= 0.3 is 0 Å². The molecule has 1 aromatic carbocycles. The van der Waals surface area contributed by atoms with Gasteiger partial charge in [-0.25, -0.2) is 0 Å². The van der Waals surface area contributed by atoms with Gasteiger partial charge in [-0.15, -0.1) is 0 Å². The predicted molar refractivity (Wildman–Crippen MR) is 69.2 cm³/mol. The van der Waals surface area contributed by atoms with E-state index in [0.29, 0.717) is 6.54 Å². The summed E-state index contributed by atoms with van der Waals surface area (Å²) >= 11 is 3.52. The summed E-state index contributed by atoms with van der Waals surface area (Å²) in [4.78, 5) is 10.7. The van der Waals surface area contributed by atoms with E-state index in [1.807, 2.05) is 18.2 Å². The van der Waals surface area contributed by atoms with Crippen molar-refractivity contribution in [3.8, 4) is 0 Å². The van der Waals surface area contributed by atoms with Crippen molar-refractivity contribution in [1.29, 1.82) is 0 Å². The first-order valence-electron chi connectivity index (χ1n) is 5.33. The van der Waals surface area contributed by atoms with Crippen LogP contribution in [0, 0.1) is 0 Å². The molecule has 1 aromatic rings. The third-order valence-electron chi connectivity index (χ3n) is 2.32. The highest BCUT2D eigenvalue weighted by atomic mass is 79.9. The minimum absolute atomic E-state index is 0.00958. The summed E-state index contributed by atoms with van der Waals surface area (Å²) in [6.07, 6.45) is 0. The van der Waals surface area contributed by atoms with Gasteiger partial charge in [0.2, 0.25) is 5.91 Å². The largest absolute Gasteiger partial charge is 0.355 e. The number of benzene rings is 1. The zero-order chi connectivity index (χ0) is 12.0. The Morgan fingerprint density at radius 3 is 2.69 bits per heavy atom. The van der Waals surface area contributed by atoms with Crippen LogP contribution in [0.15, 0.2) is 28.7 Å². The third-order valence-corrected chi connectivity index (χ3v) is 3.04. The lowest BCUT2D eigenvalue weighted by molar-refractivity contribution is -0.118. The van der Waals surface area contributed by atoms with Crippen molar-refractivity contribution < 1.29 is 4.79 Å². The standard InChI is InChI=1S/C12H17BrN2O/c1-9(14-7-8-15-10(2)16)11-5-3-4-6-12(11)13/h3-6,9,14H,7-8H2,1-2H3,(H,15,16)/t9-/m1/s1. The Bertz CT molecular complexity index is 355. The Hall–Kier alpha value is -0.870. The quantitative estimate of drug-likeness (QED) is 0.815. The van der Waals surface area contributed by atoms with Crippen molar-refractivity contribution in [2.45, 2.75) is 19.9 Å². The lowest BCUT2D eigenvalue weighted by Crippen LogP contribution is -2.31. The zero-order valence-corrected chi connectivity index (χ0v) is 11.2. The Kier molecular flexibility index (Phi) is 5.49. The maximum absolute atomic E-state index is 10.7. The predicted octanol–water partition coefficient (Wildman–Crippen LogP) is 2.24. The van der Waals surface area contributed by atoms with E-state index in [4.69, 9.17) is 0 Å². The monoisotopic (exact) mass is 284 g/mol. The van der Waals surface area contributed by atoms with E-state index in [1.54, 1.807) is 0 Å². The Labute approximate surface area is 105 Å². The molecule has 0 fully saturated rings. The average molecular weight is 285 g/mol. The molecule has 16 heavy (non-hydrogen) atoms. The Morgan fingerprint density at radius 1 is 1.38 bits per heavy atom. The number of hydrogen-bond donors (Lipinski definition) is 2. The zero-order valence-electron chi connectivity index (χ0n) is 9.59. The van der Waals surface area contributed by atoms with Gasteiger partial charge in [-0.2, -0.15) is 0 Å². The number of hydrogen-bond acceptors (Lipinski definition) is 2. The molecule has 4 heteroatoms. The normalized spacial score (nSPS) is 12.2. The lowest BCUT2D eigenvalue weighted by atomic mass is 10.1. The summed E-state index contributed by atoms with van der Waals surface area (Å²) in [5.41, 5.74) is 1.23. The van der Waals surface area contributed by atoms with Gasteiger partial charge in [0.25, 0.3) is 0 Å². The molecule has 3 nitrogen and oxygen atoms in total. The highest BCUT2D eigenvalue weighted by molar-refractivity contribution is 9.10. The van der Waals surface area contributed by atoms with Crippen LogP contribution in [0.25, 0.3) is 0 Å². The summed E-state index contributed by atoms with van der Waals surface area (Å²) in [5, 5.41) is 6.10. The van der Waals surface area contributed by atoms with Crippen LogP contribution in [0.5, 0.6) is 0 Å². The fourth-order valence-corrected chi connectivity index (χ4v) is 2.09. The van der Waals surface area contributed by atoms with Crippen LogP contribution in [0.2, 0.25) is 0 Å². The molecule has 1 rings (SSSR count). The molecule has 2 N–H and O–H groups in total. The first kappa shape index (κ1) is 13.2. The number of rotatable bonds is 5. The third kappa shape index (κ3) is 4.33. The van der Waals surface area contributed by atoms with Gasteiger partial charge in [-0.1, -0.05) is 34.1 Å². The van der Waals surface area contributed by atoms with Crippen LogP contribution in [0.4, 0.5) is 0 Å². The molecule has 0 saturated heterocycles. The second kappa shape index (κ2) is 6.66. The molecule has 0 aliphatic heterocycles. The van der Waals surface area contributed by atoms with E-state index < -0.39 is 0 Å². The van der Waals surface area contributed by atoms with Crippen molar-refractivity contribution in [2.24, 2.45) is 0 Å². The van der Waals surface area contributed by atoms with Gasteiger partial charge in [0.05, 0.1) is 0 Å². The minimum Gasteiger partial charge on any atom is -0.355 e. The summed E-state index contributed by atoms with van der Waals surface area (Å²) in [6, 6.07) is 8.40. The van der Waals surface area contributed by atoms with Crippen LogP contribution in [0.1, 0.15) is 25.5 Å². The highest BCUT2D eigenvalue weighted by Crippen LogP contribution is 2.22. The molecule has 0 spiro atoms. The number of carbonyl (C=O) groups is 1. The Morgan fingerprint density at radius 2 is 2.06 bits per heavy atom. The first-order chi connectivity index (χ1) is 7.61. The van der Waals surface area contributed by atoms with Gasteiger partial charge in [0, 0.05) is 30.5 Å². The maximum atomic E-state index is 10.7. The van der Waals surface area contributed by atoms with E-state index in [0.717, 1.165) is 11.0 Å². The van der Waals surface area contributed by atoms with Crippen LogP contribution < -0.4 is 10.6 Å². The first-order valence-corrected chi connectivity index (χ1v) is 6.13. The molecule has 0 bridgehead atoms. The lowest BCUT2D eigenvalue weighted by Gasteiger charge is -2.15. The van der Waals surface area contributed by atoms with E-state index in [9.17, 15) is 4.79 Å². The molecular weight excluding hydrogens is 268 g/mol. The van der Waals surface area contributed by atoms with Crippen LogP contribution in [0.3, 0.4) is 0 Å². The van der Waals surface area contributed by atoms with Crippen LogP contribution >= 0.6 is 15.9 Å². The van der Waals surface area contributed by atoms with Crippen molar-refractivity contribution in [3.63, 3.8) is 0 Å². The van der Waals surface area contributed by atoms with Crippen molar-refractivity contribution in [2.75, 3.05) is 13.1 Å². The van der Waals surface area contributed by atoms with Gasteiger partial charge in [-0.3, -0.25) is 4.79 Å². The Balaban J connectivity index is 2.38. The van der Waals surface area contributed by atoms with Gasteiger partial charge in [-0.05, 0) is 18.6 Å². The number of halogens is 1. The van der Waals surface area contributed by atoms with Crippen LogP contribution in [-0.4, -0.2) is 19.0 Å². The summed E-state index contributed by atoms with van der Waals surface area (Å²) in [7, 11) is 0. The van der Waals surface area contributed by atoms with Gasteiger partial charge in [0.1, 0.15) is 0 Å². The van der Waals surface area contributed by atoms with Crippen molar-refractivity contribution in [3.05, 3.63) is 34.3 Å². The van der Waals surface area contributed by atoms with Crippen LogP contribution in [-0.2, 0) is 4.79 Å². The molecule has 88 valence electrons. The molecule has 0 radical (unpaired) electrons. The average Bonchev–Trinajstić information content (AvgIpc) is 2.24.